The van der Waals surface area contributed by atoms with Crippen LogP contribution >= 0.6 is 11.5 Å². The lowest BCUT2D eigenvalue weighted by molar-refractivity contribution is -0.127. The molecule has 0 aromatic carbocycles. The standard InChI is InChI=1S/C13H20N2OS/c1-10-3-2-5-13(9-10)12(14-7-8-16-13)11-4-6-15-17-11/h4,6,10,12,14H,2-3,5,7-9H2,1H3. The first-order valence-corrected chi connectivity index (χ1v) is 7.35. The van der Waals surface area contributed by atoms with E-state index >= 15 is 0 Å². The average Bonchev–Trinajstić information content (AvgIpc) is 2.83. The van der Waals surface area contributed by atoms with Crippen LogP contribution < -0.4 is 5.32 Å². The number of nitrogens with zero attached hydrogens (tertiary/aromatic N) is 1. The van der Waals surface area contributed by atoms with Crippen molar-refractivity contribution in [1.29, 1.82) is 0 Å². The summed E-state index contributed by atoms with van der Waals surface area (Å²) in [6.45, 7) is 4.16. The molecule has 1 saturated carbocycles. The van der Waals surface area contributed by atoms with Gasteiger partial charge >= 0.3 is 0 Å². The van der Waals surface area contributed by atoms with Crippen molar-refractivity contribution in [3.8, 4) is 0 Å². The molecule has 1 saturated heterocycles. The average molecular weight is 252 g/mol. The first-order valence-electron chi connectivity index (χ1n) is 6.58. The zero-order valence-corrected chi connectivity index (χ0v) is 11.1. The van der Waals surface area contributed by atoms with Gasteiger partial charge in [0, 0.05) is 17.6 Å². The van der Waals surface area contributed by atoms with E-state index in [1.165, 1.54) is 30.6 Å². The van der Waals surface area contributed by atoms with Crippen molar-refractivity contribution in [2.75, 3.05) is 13.2 Å². The van der Waals surface area contributed by atoms with Crippen LogP contribution in [-0.2, 0) is 4.74 Å². The molecule has 1 aromatic rings. The molecule has 4 heteroatoms. The van der Waals surface area contributed by atoms with Crippen molar-refractivity contribution >= 4 is 11.5 Å². The van der Waals surface area contributed by atoms with E-state index in [-0.39, 0.29) is 5.60 Å². The highest BCUT2D eigenvalue weighted by atomic mass is 32.1. The van der Waals surface area contributed by atoms with Crippen LogP contribution in [0.1, 0.15) is 43.5 Å². The topological polar surface area (TPSA) is 34.1 Å². The Morgan fingerprint density at radius 1 is 1.59 bits per heavy atom. The highest BCUT2D eigenvalue weighted by molar-refractivity contribution is 7.05. The Balaban J connectivity index is 1.88. The van der Waals surface area contributed by atoms with Gasteiger partial charge in [-0.15, -0.1) is 0 Å². The van der Waals surface area contributed by atoms with E-state index in [2.05, 4.69) is 22.7 Å². The molecule has 2 aliphatic rings. The number of aromatic nitrogens is 1. The lowest BCUT2D eigenvalue weighted by atomic mass is 9.73. The molecule has 1 spiro atoms. The first kappa shape index (κ1) is 11.6. The molecule has 3 rings (SSSR count). The number of hydrogen-bond acceptors (Lipinski definition) is 4. The lowest BCUT2D eigenvalue weighted by Gasteiger charge is -2.48. The van der Waals surface area contributed by atoms with Crippen LogP contribution in [0.4, 0.5) is 0 Å². The molecule has 2 heterocycles. The summed E-state index contributed by atoms with van der Waals surface area (Å²) in [6.07, 6.45) is 6.91. The second kappa shape index (κ2) is 4.67. The Labute approximate surface area is 107 Å². The van der Waals surface area contributed by atoms with Crippen LogP contribution in [-0.4, -0.2) is 23.1 Å². The monoisotopic (exact) mass is 252 g/mol. The summed E-state index contributed by atoms with van der Waals surface area (Å²) in [7, 11) is 0. The maximum Gasteiger partial charge on any atom is 0.0888 e. The number of rotatable bonds is 1. The van der Waals surface area contributed by atoms with E-state index in [4.69, 9.17) is 4.74 Å². The zero-order valence-electron chi connectivity index (χ0n) is 10.3. The lowest BCUT2D eigenvalue weighted by Crippen LogP contribution is -2.54. The molecule has 94 valence electrons. The van der Waals surface area contributed by atoms with Crippen LogP contribution in [0.15, 0.2) is 12.3 Å². The van der Waals surface area contributed by atoms with Gasteiger partial charge in [0.25, 0.3) is 0 Å². The molecule has 1 aliphatic heterocycles. The third-order valence-electron chi connectivity index (χ3n) is 4.10. The molecular formula is C13H20N2OS. The van der Waals surface area contributed by atoms with E-state index in [1.54, 1.807) is 11.5 Å². The fourth-order valence-electron chi connectivity index (χ4n) is 3.40. The number of hydrogen-bond donors (Lipinski definition) is 1. The molecule has 1 N–H and O–H groups in total. The molecule has 3 unspecified atom stereocenters. The van der Waals surface area contributed by atoms with Gasteiger partial charge in [-0.2, -0.15) is 0 Å². The van der Waals surface area contributed by atoms with E-state index in [9.17, 15) is 0 Å². The first-order chi connectivity index (χ1) is 8.30. The fraction of sp³-hybridized carbons (Fsp3) is 0.769. The highest BCUT2D eigenvalue weighted by Crippen LogP contribution is 2.45. The summed E-state index contributed by atoms with van der Waals surface area (Å²) in [6, 6.07) is 2.49. The minimum atomic E-state index is 0.0302. The van der Waals surface area contributed by atoms with Gasteiger partial charge in [0.1, 0.15) is 0 Å². The Hall–Kier alpha value is -0.450. The van der Waals surface area contributed by atoms with Gasteiger partial charge in [0.15, 0.2) is 0 Å². The Bertz CT molecular complexity index is 364. The van der Waals surface area contributed by atoms with Gasteiger partial charge in [-0.3, -0.25) is 0 Å². The molecule has 17 heavy (non-hydrogen) atoms. The normalized spacial score (nSPS) is 38.4. The van der Waals surface area contributed by atoms with Gasteiger partial charge in [0.05, 0.1) is 18.2 Å². The summed E-state index contributed by atoms with van der Waals surface area (Å²) in [5.41, 5.74) is 0.0302. The van der Waals surface area contributed by atoms with Crippen LogP contribution in [0, 0.1) is 5.92 Å². The smallest absolute Gasteiger partial charge is 0.0888 e. The Kier molecular flexibility index (Phi) is 3.19. The van der Waals surface area contributed by atoms with Crippen LogP contribution in [0.5, 0.6) is 0 Å². The van der Waals surface area contributed by atoms with Crippen molar-refractivity contribution in [3.05, 3.63) is 17.1 Å². The largest absolute Gasteiger partial charge is 0.372 e. The van der Waals surface area contributed by atoms with Gasteiger partial charge in [-0.25, -0.2) is 4.37 Å². The van der Waals surface area contributed by atoms with Crippen molar-refractivity contribution in [2.24, 2.45) is 5.92 Å². The molecule has 3 nitrogen and oxygen atoms in total. The summed E-state index contributed by atoms with van der Waals surface area (Å²) < 4.78 is 10.5. The summed E-state index contributed by atoms with van der Waals surface area (Å²) in [5, 5.41) is 3.65. The van der Waals surface area contributed by atoms with Crippen molar-refractivity contribution in [1.82, 2.24) is 9.69 Å². The maximum absolute atomic E-state index is 6.23. The van der Waals surface area contributed by atoms with Gasteiger partial charge in [-0.1, -0.05) is 19.8 Å². The van der Waals surface area contributed by atoms with E-state index < -0.39 is 0 Å². The number of ether oxygens (including phenoxy) is 1. The SMILES string of the molecule is CC1CCCC2(C1)OCCNC2c1ccns1. The molecule has 0 amide bonds. The van der Waals surface area contributed by atoms with E-state index in [1.807, 2.05) is 6.20 Å². The van der Waals surface area contributed by atoms with Gasteiger partial charge in [0.2, 0.25) is 0 Å². The number of nitrogens with one attached hydrogen (secondary N) is 1. The molecule has 0 bridgehead atoms. The Morgan fingerprint density at radius 2 is 2.53 bits per heavy atom. The van der Waals surface area contributed by atoms with Gasteiger partial charge < -0.3 is 10.1 Å². The van der Waals surface area contributed by atoms with E-state index in [0.717, 1.165) is 19.1 Å². The molecule has 2 fully saturated rings. The van der Waals surface area contributed by atoms with Crippen molar-refractivity contribution in [3.63, 3.8) is 0 Å². The summed E-state index contributed by atoms with van der Waals surface area (Å²) >= 11 is 1.61. The predicted octanol–water partition coefficient (Wildman–Crippen LogP) is 2.75. The van der Waals surface area contributed by atoms with Crippen LogP contribution in [0.3, 0.4) is 0 Å². The number of morpholine rings is 1. The van der Waals surface area contributed by atoms with Crippen LogP contribution in [0.25, 0.3) is 0 Å². The fourth-order valence-corrected chi connectivity index (χ4v) is 4.17. The Morgan fingerprint density at radius 3 is 3.29 bits per heavy atom. The highest BCUT2D eigenvalue weighted by Gasteiger charge is 2.45. The summed E-state index contributed by atoms with van der Waals surface area (Å²) in [5.74, 6) is 0.777. The molecule has 3 atom stereocenters. The minimum absolute atomic E-state index is 0.0302. The maximum atomic E-state index is 6.23. The minimum Gasteiger partial charge on any atom is -0.372 e. The molecule has 1 aromatic heterocycles. The third-order valence-corrected chi connectivity index (χ3v) is 4.91. The molecule has 1 aliphatic carbocycles. The van der Waals surface area contributed by atoms with Crippen LogP contribution in [0.2, 0.25) is 0 Å². The second-order valence-electron chi connectivity index (χ2n) is 5.42. The quantitative estimate of drug-likeness (QED) is 0.834. The van der Waals surface area contributed by atoms with E-state index in [0.29, 0.717) is 6.04 Å². The van der Waals surface area contributed by atoms with Gasteiger partial charge in [-0.05, 0) is 36.4 Å². The summed E-state index contributed by atoms with van der Waals surface area (Å²) in [4.78, 5) is 1.33. The third kappa shape index (κ3) is 2.14. The predicted molar refractivity (Wildman–Crippen MR) is 69.2 cm³/mol. The van der Waals surface area contributed by atoms with Crippen molar-refractivity contribution < 1.29 is 4.74 Å². The zero-order chi connectivity index (χ0) is 11.7. The molecule has 0 radical (unpaired) electrons. The second-order valence-corrected chi connectivity index (χ2v) is 6.28. The van der Waals surface area contributed by atoms with Crippen molar-refractivity contribution in [2.45, 2.75) is 44.2 Å². The molecular weight excluding hydrogens is 232 g/mol.